The standard InChI is InChI=1S/C19H17F3N4O3/c1-28-14-6-3-2-5-11(14)24-18(27)13-10-17-23-12(15-7-4-8-29-15)9-16(19(20,21)22)26(17)25-13/h2-8,10,12,16,23H,9H2,1H3,(H,24,27)/t12-,16-/m1/s1. The number of anilines is 2. The number of aromatic nitrogens is 2. The number of para-hydroxylation sites is 2. The van der Waals surface area contributed by atoms with Crippen molar-refractivity contribution in [1.82, 2.24) is 9.78 Å². The molecule has 2 aromatic heterocycles. The molecule has 7 nitrogen and oxygen atoms in total. The summed E-state index contributed by atoms with van der Waals surface area (Å²) in [6.45, 7) is 0. The Balaban J connectivity index is 1.64. The molecule has 1 amide bonds. The first kappa shape index (κ1) is 18.9. The number of nitrogens with zero attached hydrogens (tertiary/aromatic N) is 2. The van der Waals surface area contributed by atoms with Crippen LogP contribution >= 0.6 is 0 Å². The Morgan fingerprint density at radius 3 is 2.79 bits per heavy atom. The number of hydrogen-bond acceptors (Lipinski definition) is 5. The number of furan rings is 1. The largest absolute Gasteiger partial charge is 0.495 e. The van der Waals surface area contributed by atoms with Crippen molar-refractivity contribution in [2.75, 3.05) is 17.7 Å². The summed E-state index contributed by atoms with van der Waals surface area (Å²) in [4.78, 5) is 12.6. The lowest BCUT2D eigenvalue weighted by atomic mass is 10.0. The van der Waals surface area contributed by atoms with E-state index >= 15 is 0 Å². The number of amides is 1. The molecule has 0 saturated carbocycles. The van der Waals surface area contributed by atoms with Gasteiger partial charge in [-0.25, -0.2) is 4.68 Å². The smallest absolute Gasteiger partial charge is 0.410 e. The van der Waals surface area contributed by atoms with Gasteiger partial charge in [0.2, 0.25) is 0 Å². The van der Waals surface area contributed by atoms with Crippen LogP contribution in [0.1, 0.15) is 34.8 Å². The van der Waals surface area contributed by atoms with Crippen LogP contribution in [-0.2, 0) is 0 Å². The quantitative estimate of drug-likeness (QED) is 0.671. The molecule has 10 heteroatoms. The second-order valence-electron chi connectivity index (χ2n) is 6.52. The van der Waals surface area contributed by atoms with E-state index in [4.69, 9.17) is 9.15 Å². The van der Waals surface area contributed by atoms with Crippen LogP contribution in [-0.4, -0.2) is 29.0 Å². The van der Waals surface area contributed by atoms with E-state index in [0.29, 0.717) is 17.2 Å². The molecule has 0 radical (unpaired) electrons. The Kier molecular flexibility index (Phi) is 4.69. The Hall–Kier alpha value is -3.43. The lowest BCUT2D eigenvalue weighted by Gasteiger charge is -2.32. The van der Waals surface area contributed by atoms with Gasteiger partial charge in [0.1, 0.15) is 17.3 Å². The second kappa shape index (κ2) is 7.19. The van der Waals surface area contributed by atoms with Crippen LogP contribution < -0.4 is 15.4 Å². The highest BCUT2D eigenvalue weighted by molar-refractivity contribution is 6.04. The number of nitrogens with one attached hydrogen (secondary N) is 2. The third-order valence-electron chi connectivity index (χ3n) is 4.66. The van der Waals surface area contributed by atoms with Crippen molar-refractivity contribution in [3.05, 3.63) is 60.2 Å². The summed E-state index contributed by atoms with van der Waals surface area (Å²) in [7, 11) is 1.45. The summed E-state index contributed by atoms with van der Waals surface area (Å²) < 4.78 is 52.2. The van der Waals surface area contributed by atoms with Crippen molar-refractivity contribution in [2.24, 2.45) is 0 Å². The van der Waals surface area contributed by atoms with E-state index < -0.39 is 24.2 Å². The first-order valence-corrected chi connectivity index (χ1v) is 8.77. The SMILES string of the molecule is COc1ccccc1NC(=O)c1cc2n(n1)[C@@H](C(F)(F)F)C[C@H](c1ccco1)N2. The van der Waals surface area contributed by atoms with Crippen molar-refractivity contribution in [3.63, 3.8) is 0 Å². The molecule has 0 fully saturated rings. The monoisotopic (exact) mass is 406 g/mol. The molecule has 2 atom stereocenters. The van der Waals surface area contributed by atoms with Gasteiger partial charge in [-0.15, -0.1) is 0 Å². The van der Waals surface area contributed by atoms with E-state index in [-0.39, 0.29) is 17.9 Å². The van der Waals surface area contributed by atoms with Crippen LogP contribution in [0.15, 0.2) is 53.1 Å². The van der Waals surface area contributed by atoms with Crippen LogP contribution in [0.4, 0.5) is 24.7 Å². The lowest BCUT2D eigenvalue weighted by Crippen LogP contribution is -2.35. The van der Waals surface area contributed by atoms with Crippen LogP contribution in [0, 0.1) is 0 Å². The van der Waals surface area contributed by atoms with E-state index in [1.807, 2.05) is 0 Å². The van der Waals surface area contributed by atoms with Crippen LogP contribution in [0.3, 0.4) is 0 Å². The highest BCUT2D eigenvalue weighted by atomic mass is 19.4. The Morgan fingerprint density at radius 2 is 2.10 bits per heavy atom. The van der Waals surface area contributed by atoms with E-state index in [9.17, 15) is 18.0 Å². The van der Waals surface area contributed by atoms with Gasteiger partial charge in [0.25, 0.3) is 5.91 Å². The zero-order valence-electron chi connectivity index (χ0n) is 15.2. The number of hydrogen-bond donors (Lipinski definition) is 2. The fourth-order valence-electron chi connectivity index (χ4n) is 3.29. The number of carbonyl (C=O) groups is 1. The normalized spacial score (nSPS) is 18.6. The number of alkyl halides is 3. The Morgan fingerprint density at radius 1 is 1.31 bits per heavy atom. The lowest BCUT2D eigenvalue weighted by molar-refractivity contribution is -0.174. The van der Waals surface area contributed by atoms with Gasteiger partial charge in [0.15, 0.2) is 11.7 Å². The third kappa shape index (κ3) is 3.65. The topological polar surface area (TPSA) is 81.3 Å². The molecule has 3 heterocycles. The molecule has 152 valence electrons. The predicted molar refractivity (Wildman–Crippen MR) is 98.0 cm³/mol. The predicted octanol–water partition coefficient (Wildman–Crippen LogP) is 4.40. The molecule has 0 saturated heterocycles. The number of fused-ring (bicyclic) bond motifs is 1. The summed E-state index contributed by atoms with van der Waals surface area (Å²) >= 11 is 0. The number of benzene rings is 1. The van der Waals surface area contributed by atoms with E-state index in [0.717, 1.165) is 4.68 Å². The Bertz CT molecular complexity index is 1010. The molecule has 29 heavy (non-hydrogen) atoms. The fourth-order valence-corrected chi connectivity index (χ4v) is 3.29. The molecule has 0 bridgehead atoms. The molecule has 2 N–H and O–H groups in total. The number of halogens is 3. The first-order chi connectivity index (χ1) is 13.9. The third-order valence-corrected chi connectivity index (χ3v) is 4.66. The van der Waals surface area contributed by atoms with Crippen LogP contribution in [0.2, 0.25) is 0 Å². The second-order valence-corrected chi connectivity index (χ2v) is 6.52. The van der Waals surface area contributed by atoms with Crippen molar-refractivity contribution in [1.29, 1.82) is 0 Å². The minimum Gasteiger partial charge on any atom is -0.495 e. The molecule has 1 aromatic carbocycles. The van der Waals surface area contributed by atoms with Gasteiger partial charge >= 0.3 is 6.18 Å². The summed E-state index contributed by atoms with van der Waals surface area (Å²) in [6, 6.07) is 8.64. The molecular weight excluding hydrogens is 389 g/mol. The molecular formula is C19H17F3N4O3. The molecule has 1 aliphatic rings. The molecule has 0 unspecified atom stereocenters. The maximum absolute atomic E-state index is 13.7. The molecule has 3 aromatic rings. The fraction of sp³-hybridized carbons (Fsp3) is 0.263. The van der Waals surface area contributed by atoms with Gasteiger partial charge < -0.3 is 19.8 Å². The average Bonchev–Trinajstić information content (AvgIpc) is 3.36. The highest BCUT2D eigenvalue weighted by Gasteiger charge is 2.47. The zero-order valence-corrected chi connectivity index (χ0v) is 15.2. The number of carbonyl (C=O) groups excluding carboxylic acids is 1. The maximum atomic E-state index is 13.7. The van der Waals surface area contributed by atoms with E-state index in [1.165, 1.54) is 19.4 Å². The first-order valence-electron chi connectivity index (χ1n) is 8.77. The zero-order chi connectivity index (χ0) is 20.6. The summed E-state index contributed by atoms with van der Waals surface area (Å²) in [5.74, 6) is 0.250. The Labute approximate surface area is 163 Å². The number of rotatable bonds is 4. The van der Waals surface area contributed by atoms with Crippen LogP contribution in [0.5, 0.6) is 5.75 Å². The highest BCUT2D eigenvalue weighted by Crippen LogP contribution is 2.43. The van der Waals surface area contributed by atoms with E-state index in [2.05, 4.69) is 15.7 Å². The van der Waals surface area contributed by atoms with Gasteiger partial charge in [-0.1, -0.05) is 12.1 Å². The van der Waals surface area contributed by atoms with Gasteiger partial charge in [-0.05, 0) is 24.3 Å². The van der Waals surface area contributed by atoms with Gasteiger partial charge in [0, 0.05) is 12.5 Å². The summed E-state index contributed by atoms with van der Waals surface area (Å²) in [5, 5.41) is 9.49. The van der Waals surface area contributed by atoms with Gasteiger partial charge in [-0.2, -0.15) is 18.3 Å². The van der Waals surface area contributed by atoms with Crippen molar-refractivity contribution < 1.29 is 27.1 Å². The number of methoxy groups -OCH3 is 1. The van der Waals surface area contributed by atoms with Crippen molar-refractivity contribution in [2.45, 2.75) is 24.7 Å². The van der Waals surface area contributed by atoms with Crippen molar-refractivity contribution >= 4 is 17.4 Å². The molecule has 1 aliphatic heterocycles. The number of ether oxygens (including phenoxy) is 1. The summed E-state index contributed by atoms with van der Waals surface area (Å²) in [5.41, 5.74) is 0.243. The van der Waals surface area contributed by atoms with Crippen molar-refractivity contribution in [3.8, 4) is 5.75 Å². The molecule has 0 aliphatic carbocycles. The minimum absolute atomic E-state index is 0.0881. The van der Waals surface area contributed by atoms with Gasteiger partial charge in [-0.3, -0.25) is 4.79 Å². The maximum Gasteiger partial charge on any atom is 0.410 e. The average molecular weight is 406 g/mol. The minimum atomic E-state index is -4.54. The molecule has 0 spiro atoms. The molecule has 4 rings (SSSR count). The van der Waals surface area contributed by atoms with Gasteiger partial charge in [0.05, 0.1) is 25.1 Å². The van der Waals surface area contributed by atoms with Crippen LogP contribution in [0.25, 0.3) is 0 Å². The van der Waals surface area contributed by atoms with E-state index in [1.54, 1.807) is 36.4 Å². The summed E-state index contributed by atoms with van der Waals surface area (Å²) in [6.07, 6.45) is -3.44.